The number of piperazine rings is 1. The van der Waals surface area contributed by atoms with Crippen LogP contribution >= 0.6 is 0 Å². The molecule has 0 aliphatic carbocycles. The first-order valence-electron chi connectivity index (χ1n) is 6.30. The van der Waals surface area contributed by atoms with Crippen LogP contribution in [0.25, 0.3) is 0 Å². The summed E-state index contributed by atoms with van der Waals surface area (Å²) in [5.74, 6) is 1.28. The number of anilines is 1. The van der Waals surface area contributed by atoms with Gasteiger partial charge in [-0.3, -0.25) is 4.79 Å². The zero-order chi connectivity index (χ0) is 12.3. The summed E-state index contributed by atoms with van der Waals surface area (Å²) >= 11 is 0. The fraction of sp³-hybridized carbons (Fsp3) is 0.667. The fourth-order valence-corrected chi connectivity index (χ4v) is 2.21. The Bertz CT molecular complexity index is 380. The van der Waals surface area contributed by atoms with Gasteiger partial charge in [0.25, 0.3) is 0 Å². The number of aromatic nitrogens is 2. The van der Waals surface area contributed by atoms with Gasteiger partial charge >= 0.3 is 0 Å². The predicted octanol–water partition coefficient (Wildman–Crippen LogP) is 0.962. The molecule has 0 radical (unpaired) electrons. The van der Waals surface area contributed by atoms with Gasteiger partial charge in [-0.1, -0.05) is 6.92 Å². The number of rotatable bonds is 3. The molecule has 0 unspecified atom stereocenters. The predicted molar refractivity (Wildman–Crippen MR) is 67.0 cm³/mol. The Kier molecular flexibility index (Phi) is 3.66. The molecule has 1 aliphatic rings. The van der Waals surface area contributed by atoms with Gasteiger partial charge in [0.15, 0.2) is 0 Å². The average Bonchev–Trinajstić information content (AvgIpc) is 2.86. The van der Waals surface area contributed by atoms with Crippen LogP contribution in [0.5, 0.6) is 0 Å². The Labute approximate surface area is 102 Å². The van der Waals surface area contributed by atoms with Gasteiger partial charge in [-0.25, -0.2) is 4.98 Å². The minimum absolute atomic E-state index is 0.253. The van der Waals surface area contributed by atoms with Crippen molar-refractivity contribution in [1.29, 1.82) is 0 Å². The topological polar surface area (TPSA) is 41.4 Å². The largest absolute Gasteiger partial charge is 0.339 e. The first-order chi connectivity index (χ1) is 8.26. The molecule has 1 fully saturated rings. The summed E-state index contributed by atoms with van der Waals surface area (Å²) < 4.78 is 2.14. The number of hydrogen-bond donors (Lipinski definition) is 0. The zero-order valence-electron chi connectivity index (χ0n) is 10.6. The highest BCUT2D eigenvalue weighted by molar-refractivity contribution is 5.76. The van der Waals surface area contributed by atoms with Crippen LogP contribution in [0, 0.1) is 0 Å². The van der Waals surface area contributed by atoms with E-state index in [2.05, 4.69) is 21.4 Å². The van der Waals surface area contributed by atoms with E-state index >= 15 is 0 Å². The molecule has 1 aromatic heterocycles. The molecule has 5 heteroatoms. The fourth-order valence-electron chi connectivity index (χ4n) is 2.21. The maximum atomic E-state index is 11.6. The van der Waals surface area contributed by atoms with Crippen LogP contribution in [0.2, 0.25) is 0 Å². The monoisotopic (exact) mass is 236 g/mol. The SMILES string of the molecule is CCC(=O)N1CCN(c2nccn2CC)CC1. The van der Waals surface area contributed by atoms with Gasteiger partial charge in [0.1, 0.15) is 0 Å². The molecule has 1 amide bonds. The lowest BCUT2D eigenvalue weighted by molar-refractivity contribution is -0.131. The maximum Gasteiger partial charge on any atom is 0.222 e. The zero-order valence-corrected chi connectivity index (χ0v) is 10.6. The molecule has 0 spiro atoms. The minimum Gasteiger partial charge on any atom is -0.339 e. The van der Waals surface area contributed by atoms with E-state index in [1.165, 1.54) is 0 Å². The van der Waals surface area contributed by atoms with E-state index in [-0.39, 0.29) is 5.91 Å². The van der Waals surface area contributed by atoms with Crippen LogP contribution < -0.4 is 4.90 Å². The van der Waals surface area contributed by atoms with E-state index in [4.69, 9.17) is 0 Å². The van der Waals surface area contributed by atoms with Crippen molar-refractivity contribution in [3.8, 4) is 0 Å². The first-order valence-corrected chi connectivity index (χ1v) is 6.30. The van der Waals surface area contributed by atoms with Crippen molar-refractivity contribution in [2.24, 2.45) is 0 Å². The molecule has 0 aromatic carbocycles. The normalized spacial score (nSPS) is 16.4. The summed E-state index contributed by atoms with van der Waals surface area (Å²) in [4.78, 5) is 20.1. The van der Waals surface area contributed by atoms with Crippen LogP contribution in [0.3, 0.4) is 0 Å². The van der Waals surface area contributed by atoms with Crippen molar-refractivity contribution >= 4 is 11.9 Å². The highest BCUT2D eigenvalue weighted by atomic mass is 16.2. The summed E-state index contributed by atoms with van der Waals surface area (Å²) in [5, 5.41) is 0. The second-order valence-electron chi connectivity index (χ2n) is 4.23. The van der Waals surface area contributed by atoms with Gasteiger partial charge in [0.2, 0.25) is 11.9 Å². The molecule has 17 heavy (non-hydrogen) atoms. The maximum absolute atomic E-state index is 11.6. The van der Waals surface area contributed by atoms with E-state index in [0.717, 1.165) is 38.7 Å². The molecule has 1 aliphatic heterocycles. The molecular weight excluding hydrogens is 216 g/mol. The third-order valence-corrected chi connectivity index (χ3v) is 3.25. The molecule has 0 bridgehead atoms. The summed E-state index contributed by atoms with van der Waals surface area (Å²) in [6.07, 6.45) is 4.44. The van der Waals surface area contributed by atoms with Gasteiger partial charge in [-0.05, 0) is 6.92 Å². The van der Waals surface area contributed by atoms with Gasteiger partial charge in [0.05, 0.1) is 0 Å². The third-order valence-electron chi connectivity index (χ3n) is 3.25. The number of carbonyl (C=O) groups is 1. The number of aryl methyl sites for hydroxylation is 1. The number of amides is 1. The first kappa shape index (κ1) is 12.0. The summed E-state index contributed by atoms with van der Waals surface area (Å²) in [7, 11) is 0. The number of carbonyl (C=O) groups excluding carboxylic acids is 1. The second kappa shape index (κ2) is 5.21. The van der Waals surface area contributed by atoms with Crippen molar-refractivity contribution in [2.75, 3.05) is 31.1 Å². The molecule has 5 nitrogen and oxygen atoms in total. The van der Waals surface area contributed by atoms with Crippen LogP contribution in [-0.4, -0.2) is 46.5 Å². The molecular formula is C12H20N4O. The van der Waals surface area contributed by atoms with E-state index in [9.17, 15) is 4.79 Å². The Balaban J connectivity index is 1.97. The van der Waals surface area contributed by atoms with Crippen LogP contribution in [0.1, 0.15) is 20.3 Å². The Morgan fingerprint density at radius 3 is 2.59 bits per heavy atom. The third kappa shape index (κ3) is 2.43. The molecule has 1 aromatic rings. The number of hydrogen-bond acceptors (Lipinski definition) is 3. The lowest BCUT2D eigenvalue weighted by atomic mass is 10.3. The lowest BCUT2D eigenvalue weighted by Gasteiger charge is -2.35. The minimum atomic E-state index is 0.253. The van der Waals surface area contributed by atoms with Crippen molar-refractivity contribution in [3.63, 3.8) is 0 Å². The highest BCUT2D eigenvalue weighted by Gasteiger charge is 2.22. The Morgan fingerprint density at radius 1 is 1.29 bits per heavy atom. The van der Waals surface area contributed by atoms with Crippen molar-refractivity contribution in [2.45, 2.75) is 26.8 Å². The van der Waals surface area contributed by atoms with E-state index in [1.807, 2.05) is 24.2 Å². The molecule has 2 rings (SSSR count). The standard InChI is InChI=1S/C12H20N4O/c1-3-11(17)15-7-9-16(10-8-15)12-13-5-6-14(12)4-2/h5-6H,3-4,7-10H2,1-2H3. The van der Waals surface area contributed by atoms with Crippen LogP contribution in [0.15, 0.2) is 12.4 Å². The Hall–Kier alpha value is -1.52. The summed E-state index contributed by atoms with van der Waals surface area (Å²) in [6, 6.07) is 0. The molecule has 2 heterocycles. The summed E-state index contributed by atoms with van der Waals surface area (Å²) in [6.45, 7) is 8.34. The molecule has 0 saturated carbocycles. The molecule has 94 valence electrons. The highest BCUT2D eigenvalue weighted by Crippen LogP contribution is 2.14. The smallest absolute Gasteiger partial charge is 0.222 e. The van der Waals surface area contributed by atoms with Crippen LogP contribution in [-0.2, 0) is 11.3 Å². The molecule has 0 N–H and O–H groups in total. The molecule has 0 atom stereocenters. The van der Waals surface area contributed by atoms with Crippen LogP contribution in [0.4, 0.5) is 5.95 Å². The quantitative estimate of drug-likeness (QED) is 0.785. The van der Waals surface area contributed by atoms with Gasteiger partial charge in [-0.15, -0.1) is 0 Å². The lowest BCUT2D eigenvalue weighted by Crippen LogP contribution is -2.49. The van der Waals surface area contributed by atoms with Crippen molar-refractivity contribution < 1.29 is 4.79 Å². The Morgan fingerprint density at radius 2 is 2.00 bits per heavy atom. The van der Waals surface area contributed by atoms with Gasteiger partial charge < -0.3 is 14.4 Å². The number of nitrogens with zero attached hydrogens (tertiary/aromatic N) is 4. The van der Waals surface area contributed by atoms with Gasteiger partial charge in [-0.2, -0.15) is 0 Å². The van der Waals surface area contributed by atoms with E-state index in [0.29, 0.717) is 6.42 Å². The number of imidazole rings is 1. The molecule has 1 saturated heterocycles. The van der Waals surface area contributed by atoms with E-state index < -0.39 is 0 Å². The van der Waals surface area contributed by atoms with Crippen molar-refractivity contribution in [3.05, 3.63) is 12.4 Å². The van der Waals surface area contributed by atoms with Crippen molar-refractivity contribution in [1.82, 2.24) is 14.5 Å². The van der Waals surface area contributed by atoms with Gasteiger partial charge in [0, 0.05) is 51.5 Å². The second-order valence-corrected chi connectivity index (χ2v) is 4.23. The van der Waals surface area contributed by atoms with E-state index in [1.54, 1.807) is 0 Å². The average molecular weight is 236 g/mol. The summed E-state index contributed by atoms with van der Waals surface area (Å²) in [5.41, 5.74) is 0.